The fourth-order valence-electron chi connectivity index (χ4n) is 3.02. The highest BCUT2D eigenvalue weighted by molar-refractivity contribution is 7.90. The average molecular weight is 480 g/mol. The van der Waals surface area contributed by atoms with Crippen molar-refractivity contribution >= 4 is 44.3 Å². The van der Waals surface area contributed by atoms with Crippen LogP contribution in [0.25, 0.3) is 11.0 Å². The number of nitrogens with zero attached hydrogens (tertiary/aromatic N) is 1. The molecule has 0 fully saturated rings. The van der Waals surface area contributed by atoms with Gasteiger partial charge in [-0.1, -0.05) is 12.1 Å². The van der Waals surface area contributed by atoms with Crippen LogP contribution in [0.3, 0.4) is 0 Å². The van der Waals surface area contributed by atoms with Crippen LogP contribution >= 0.6 is 12.2 Å². The van der Waals surface area contributed by atoms with Crippen molar-refractivity contribution in [2.24, 2.45) is 0 Å². The number of rotatable bonds is 6. The molecule has 0 unspecified atom stereocenters. The summed E-state index contributed by atoms with van der Waals surface area (Å²) in [6.45, 7) is 1.74. The van der Waals surface area contributed by atoms with Gasteiger partial charge in [0.15, 0.2) is 5.82 Å². The zero-order chi connectivity index (χ0) is 23.6. The van der Waals surface area contributed by atoms with Crippen LogP contribution in [0.2, 0.25) is 0 Å². The molecule has 8 nitrogen and oxygen atoms in total. The molecule has 0 saturated carbocycles. The standard InChI is InChI=1S/C21H22FN3O5S2/c1-12-15-9-8-14(29-21(31)25(3)4)11-18(15)30-20(26)16(12)10-13-6-5-7-17(19(13)22)24-32(27,28)23-2/h5-9,11,23-24H,10H2,1-4H3. The van der Waals surface area contributed by atoms with E-state index in [4.69, 9.17) is 21.4 Å². The lowest BCUT2D eigenvalue weighted by atomic mass is 9.99. The second kappa shape index (κ2) is 9.23. The van der Waals surface area contributed by atoms with Gasteiger partial charge in [0.1, 0.15) is 11.3 Å². The van der Waals surface area contributed by atoms with Gasteiger partial charge in [-0.25, -0.2) is 13.9 Å². The summed E-state index contributed by atoms with van der Waals surface area (Å²) in [4.78, 5) is 14.3. The summed E-state index contributed by atoms with van der Waals surface area (Å²) in [6.07, 6.45) is -0.0754. The van der Waals surface area contributed by atoms with Crippen molar-refractivity contribution in [2.75, 3.05) is 25.9 Å². The van der Waals surface area contributed by atoms with Crippen LogP contribution in [0.1, 0.15) is 16.7 Å². The molecule has 3 aromatic rings. The molecule has 0 spiro atoms. The quantitative estimate of drug-likeness (QED) is 0.414. The third-order valence-electron chi connectivity index (χ3n) is 4.79. The predicted octanol–water partition coefficient (Wildman–Crippen LogP) is 2.93. The van der Waals surface area contributed by atoms with Crippen molar-refractivity contribution in [3.8, 4) is 5.75 Å². The molecule has 2 N–H and O–H groups in total. The number of anilines is 1. The first kappa shape index (κ1) is 23.6. The lowest BCUT2D eigenvalue weighted by molar-refractivity contribution is 0.448. The molecule has 0 aliphatic carbocycles. The molecule has 170 valence electrons. The second-order valence-corrected chi connectivity index (χ2v) is 9.15. The van der Waals surface area contributed by atoms with Crippen LogP contribution < -0.4 is 19.8 Å². The van der Waals surface area contributed by atoms with E-state index in [0.29, 0.717) is 22.3 Å². The Hall–Kier alpha value is -3.02. The Morgan fingerprint density at radius 2 is 1.97 bits per heavy atom. The molecule has 32 heavy (non-hydrogen) atoms. The number of fused-ring (bicyclic) bond motifs is 1. The maximum Gasteiger partial charge on any atom is 0.340 e. The summed E-state index contributed by atoms with van der Waals surface area (Å²) in [5.41, 5.74) is 0.501. The molecule has 11 heteroatoms. The summed E-state index contributed by atoms with van der Waals surface area (Å²) >= 11 is 5.12. The molecule has 0 saturated heterocycles. The molecule has 0 aliphatic rings. The Labute approximate surface area is 190 Å². The van der Waals surface area contributed by atoms with Crippen molar-refractivity contribution in [3.05, 3.63) is 69.3 Å². The van der Waals surface area contributed by atoms with E-state index in [9.17, 15) is 17.6 Å². The first-order chi connectivity index (χ1) is 15.0. The van der Waals surface area contributed by atoms with E-state index in [2.05, 4.69) is 9.44 Å². The van der Waals surface area contributed by atoms with Gasteiger partial charge >= 0.3 is 5.63 Å². The maximum absolute atomic E-state index is 14.9. The molecule has 0 atom stereocenters. The minimum absolute atomic E-state index is 0.0754. The van der Waals surface area contributed by atoms with Gasteiger partial charge in [-0.3, -0.25) is 4.72 Å². The van der Waals surface area contributed by atoms with Crippen LogP contribution in [0.5, 0.6) is 5.75 Å². The van der Waals surface area contributed by atoms with Crippen molar-refractivity contribution in [1.29, 1.82) is 0 Å². The van der Waals surface area contributed by atoms with E-state index in [0.717, 1.165) is 0 Å². The van der Waals surface area contributed by atoms with E-state index in [-0.39, 0.29) is 28.4 Å². The van der Waals surface area contributed by atoms with Gasteiger partial charge in [0.2, 0.25) is 0 Å². The molecular weight excluding hydrogens is 457 g/mol. The molecule has 0 aliphatic heterocycles. The molecule has 0 radical (unpaired) electrons. The molecule has 0 amide bonds. The zero-order valence-corrected chi connectivity index (χ0v) is 19.5. The second-order valence-electron chi connectivity index (χ2n) is 7.18. The first-order valence-corrected chi connectivity index (χ1v) is 11.4. The number of hydrogen-bond acceptors (Lipinski definition) is 6. The number of aryl methyl sites for hydroxylation is 1. The van der Waals surface area contributed by atoms with Gasteiger partial charge in [-0.2, -0.15) is 8.42 Å². The van der Waals surface area contributed by atoms with Crippen LogP contribution in [0.15, 0.2) is 45.6 Å². The van der Waals surface area contributed by atoms with Gasteiger partial charge in [-0.15, -0.1) is 0 Å². The number of hydrogen-bond donors (Lipinski definition) is 2. The monoisotopic (exact) mass is 479 g/mol. The highest BCUT2D eigenvalue weighted by Gasteiger charge is 2.18. The Balaban J connectivity index is 1.98. The van der Waals surface area contributed by atoms with Crippen molar-refractivity contribution in [3.63, 3.8) is 0 Å². The van der Waals surface area contributed by atoms with E-state index in [1.54, 1.807) is 44.1 Å². The SMILES string of the molecule is CNS(=O)(=O)Nc1cccc(Cc2c(C)c3ccc(OC(=S)N(C)C)cc3oc2=O)c1F. The average Bonchev–Trinajstić information content (AvgIpc) is 2.73. The smallest absolute Gasteiger partial charge is 0.340 e. The van der Waals surface area contributed by atoms with E-state index in [1.165, 1.54) is 25.2 Å². The Bertz CT molecular complexity index is 1350. The van der Waals surface area contributed by atoms with Gasteiger partial charge in [0.25, 0.3) is 15.4 Å². The Morgan fingerprint density at radius 1 is 1.25 bits per heavy atom. The minimum atomic E-state index is -3.89. The summed E-state index contributed by atoms with van der Waals surface area (Å²) in [5, 5.41) is 0.916. The number of benzene rings is 2. The molecule has 1 aromatic heterocycles. The van der Waals surface area contributed by atoms with Crippen molar-refractivity contribution < 1.29 is 22.0 Å². The maximum atomic E-state index is 14.9. The number of halogens is 1. The van der Waals surface area contributed by atoms with Crippen LogP contribution in [0, 0.1) is 12.7 Å². The predicted molar refractivity (Wildman–Crippen MR) is 125 cm³/mol. The third-order valence-corrected chi connectivity index (χ3v) is 6.26. The van der Waals surface area contributed by atoms with E-state index < -0.39 is 21.7 Å². The summed E-state index contributed by atoms with van der Waals surface area (Å²) in [7, 11) is 0.810. The number of thiocarbonyl (C=S) groups is 1. The lowest BCUT2D eigenvalue weighted by Gasteiger charge is -2.15. The highest BCUT2D eigenvalue weighted by atomic mass is 32.2. The van der Waals surface area contributed by atoms with Crippen LogP contribution in [-0.4, -0.2) is 39.6 Å². The molecule has 1 heterocycles. The van der Waals surface area contributed by atoms with E-state index in [1.807, 2.05) is 0 Å². The fourth-order valence-corrected chi connectivity index (χ4v) is 3.66. The first-order valence-electron chi connectivity index (χ1n) is 9.46. The number of nitrogens with one attached hydrogen (secondary N) is 2. The molecule has 0 bridgehead atoms. The summed E-state index contributed by atoms with van der Waals surface area (Å²) in [6, 6.07) is 9.28. The van der Waals surface area contributed by atoms with Crippen molar-refractivity contribution in [1.82, 2.24) is 9.62 Å². The van der Waals surface area contributed by atoms with Gasteiger partial charge in [0, 0.05) is 44.6 Å². The minimum Gasteiger partial charge on any atom is -0.432 e. The summed E-state index contributed by atoms with van der Waals surface area (Å²) in [5.74, 6) is -0.353. The van der Waals surface area contributed by atoms with Gasteiger partial charge < -0.3 is 14.1 Å². The lowest BCUT2D eigenvalue weighted by Crippen LogP contribution is -2.27. The largest absolute Gasteiger partial charge is 0.432 e. The Morgan fingerprint density at radius 3 is 2.62 bits per heavy atom. The molecule has 3 rings (SSSR count). The fraction of sp³-hybridized carbons (Fsp3) is 0.238. The van der Waals surface area contributed by atoms with Crippen LogP contribution in [0.4, 0.5) is 10.1 Å². The highest BCUT2D eigenvalue weighted by Crippen LogP contribution is 2.27. The Kier molecular flexibility index (Phi) is 6.82. The third kappa shape index (κ3) is 5.06. The zero-order valence-electron chi connectivity index (χ0n) is 17.9. The molecule has 2 aromatic carbocycles. The normalized spacial score (nSPS) is 11.4. The molecular formula is C21H22FN3O5S2. The van der Waals surface area contributed by atoms with Crippen molar-refractivity contribution in [2.45, 2.75) is 13.3 Å². The van der Waals surface area contributed by atoms with Crippen LogP contribution in [-0.2, 0) is 16.6 Å². The van der Waals surface area contributed by atoms with Gasteiger partial charge in [0.05, 0.1) is 5.69 Å². The van der Waals surface area contributed by atoms with E-state index >= 15 is 0 Å². The summed E-state index contributed by atoms with van der Waals surface area (Å²) < 4.78 is 53.5. The number of ether oxygens (including phenoxy) is 1. The topological polar surface area (TPSA) is 101 Å². The van der Waals surface area contributed by atoms with Gasteiger partial charge in [-0.05, 0) is 48.5 Å².